The SMILES string of the molecule is CCCC(=S)Nc1c(C(=O)c2ccccc2)[nH]c2cc(Cl)ccc12. The van der Waals surface area contributed by atoms with Gasteiger partial charge in [-0.25, -0.2) is 0 Å². The first-order valence-electron chi connectivity index (χ1n) is 7.81. The summed E-state index contributed by atoms with van der Waals surface area (Å²) in [6.45, 7) is 2.07. The minimum Gasteiger partial charge on any atom is -0.350 e. The van der Waals surface area contributed by atoms with Crippen molar-refractivity contribution in [2.75, 3.05) is 5.32 Å². The third-order valence-corrected chi connectivity index (χ3v) is 4.31. The Bertz CT molecular complexity index is 902. The molecule has 0 aliphatic carbocycles. The quantitative estimate of drug-likeness (QED) is 0.462. The first kappa shape index (κ1) is 16.7. The summed E-state index contributed by atoms with van der Waals surface area (Å²) >= 11 is 11.5. The number of carbonyl (C=O) groups excluding carboxylic acids is 1. The van der Waals surface area contributed by atoms with E-state index in [-0.39, 0.29) is 5.78 Å². The molecule has 2 aromatic carbocycles. The lowest BCUT2D eigenvalue weighted by atomic mass is 10.1. The van der Waals surface area contributed by atoms with Gasteiger partial charge >= 0.3 is 0 Å². The zero-order valence-corrected chi connectivity index (χ0v) is 14.8. The van der Waals surface area contributed by atoms with E-state index in [4.69, 9.17) is 23.8 Å². The minimum absolute atomic E-state index is 0.0790. The van der Waals surface area contributed by atoms with Crippen LogP contribution in [0.25, 0.3) is 10.9 Å². The molecular formula is C19H17ClN2OS. The number of carbonyl (C=O) groups is 1. The lowest BCUT2D eigenvalue weighted by molar-refractivity contribution is 0.103. The van der Waals surface area contributed by atoms with E-state index in [0.29, 0.717) is 22.0 Å². The fraction of sp³-hybridized carbons (Fsp3) is 0.158. The Morgan fingerprint density at radius 3 is 2.67 bits per heavy atom. The first-order valence-corrected chi connectivity index (χ1v) is 8.59. The summed E-state index contributed by atoms with van der Waals surface area (Å²) in [7, 11) is 0. The van der Waals surface area contributed by atoms with Crippen LogP contribution in [-0.2, 0) is 0 Å². The van der Waals surface area contributed by atoms with Gasteiger partial charge in [-0.2, -0.15) is 0 Å². The number of fused-ring (bicyclic) bond motifs is 1. The van der Waals surface area contributed by atoms with Crippen molar-refractivity contribution in [1.29, 1.82) is 0 Å². The maximum Gasteiger partial charge on any atom is 0.211 e. The van der Waals surface area contributed by atoms with Crippen molar-refractivity contribution in [3.05, 3.63) is 64.8 Å². The van der Waals surface area contributed by atoms with E-state index in [0.717, 1.165) is 28.7 Å². The van der Waals surface area contributed by atoms with Crippen molar-refractivity contribution in [2.45, 2.75) is 19.8 Å². The molecular weight excluding hydrogens is 340 g/mol. The topological polar surface area (TPSA) is 44.9 Å². The van der Waals surface area contributed by atoms with Gasteiger partial charge in [0.2, 0.25) is 5.78 Å². The number of rotatable bonds is 5. The van der Waals surface area contributed by atoms with Gasteiger partial charge in [-0.3, -0.25) is 4.79 Å². The van der Waals surface area contributed by atoms with Crippen LogP contribution in [0.2, 0.25) is 5.02 Å². The Morgan fingerprint density at radius 2 is 1.96 bits per heavy atom. The Balaban J connectivity index is 2.11. The Morgan fingerprint density at radius 1 is 1.21 bits per heavy atom. The van der Waals surface area contributed by atoms with E-state index < -0.39 is 0 Å². The van der Waals surface area contributed by atoms with Crippen molar-refractivity contribution in [2.24, 2.45) is 0 Å². The zero-order chi connectivity index (χ0) is 17.1. The second-order valence-electron chi connectivity index (χ2n) is 5.56. The molecule has 0 spiro atoms. The van der Waals surface area contributed by atoms with Crippen molar-refractivity contribution >= 4 is 51.2 Å². The predicted octanol–water partition coefficient (Wildman–Crippen LogP) is 5.59. The van der Waals surface area contributed by atoms with Gasteiger partial charge in [-0.1, -0.05) is 61.1 Å². The van der Waals surface area contributed by atoms with Crippen LogP contribution in [0.5, 0.6) is 0 Å². The fourth-order valence-corrected chi connectivity index (χ4v) is 3.11. The Hall–Kier alpha value is -2.17. The number of aromatic nitrogens is 1. The van der Waals surface area contributed by atoms with E-state index >= 15 is 0 Å². The van der Waals surface area contributed by atoms with Crippen LogP contribution in [0.15, 0.2) is 48.5 Å². The van der Waals surface area contributed by atoms with E-state index in [9.17, 15) is 4.79 Å². The maximum atomic E-state index is 12.9. The summed E-state index contributed by atoms with van der Waals surface area (Å²) in [6.07, 6.45) is 1.72. The highest BCUT2D eigenvalue weighted by atomic mass is 35.5. The maximum absolute atomic E-state index is 12.9. The molecule has 0 fully saturated rings. The van der Waals surface area contributed by atoms with E-state index in [1.807, 2.05) is 36.4 Å². The van der Waals surface area contributed by atoms with Crippen LogP contribution in [0.4, 0.5) is 5.69 Å². The number of aromatic amines is 1. The van der Waals surface area contributed by atoms with Crippen LogP contribution in [0.3, 0.4) is 0 Å². The van der Waals surface area contributed by atoms with Crippen molar-refractivity contribution < 1.29 is 4.79 Å². The molecule has 2 N–H and O–H groups in total. The molecule has 0 bridgehead atoms. The van der Waals surface area contributed by atoms with Crippen molar-refractivity contribution in [3.63, 3.8) is 0 Å². The number of nitrogens with one attached hydrogen (secondary N) is 2. The van der Waals surface area contributed by atoms with Crippen LogP contribution < -0.4 is 5.32 Å². The largest absolute Gasteiger partial charge is 0.350 e. The summed E-state index contributed by atoms with van der Waals surface area (Å²) in [4.78, 5) is 16.8. The highest BCUT2D eigenvalue weighted by Crippen LogP contribution is 2.31. The molecule has 3 aromatic rings. The average Bonchev–Trinajstić information content (AvgIpc) is 2.92. The minimum atomic E-state index is -0.0790. The van der Waals surface area contributed by atoms with Crippen LogP contribution in [0, 0.1) is 0 Å². The van der Waals surface area contributed by atoms with Gasteiger partial charge in [-0.05, 0) is 31.0 Å². The molecule has 122 valence electrons. The van der Waals surface area contributed by atoms with Gasteiger partial charge in [0, 0.05) is 21.5 Å². The highest BCUT2D eigenvalue weighted by Gasteiger charge is 2.20. The van der Waals surface area contributed by atoms with E-state index in [1.54, 1.807) is 12.1 Å². The molecule has 0 amide bonds. The molecule has 3 nitrogen and oxygen atoms in total. The zero-order valence-electron chi connectivity index (χ0n) is 13.2. The normalized spacial score (nSPS) is 10.8. The number of benzene rings is 2. The van der Waals surface area contributed by atoms with Gasteiger partial charge in [-0.15, -0.1) is 0 Å². The molecule has 0 atom stereocenters. The summed E-state index contributed by atoms with van der Waals surface area (Å²) < 4.78 is 0. The van der Waals surface area contributed by atoms with Crippen LogP contribution in [-0.4, -0.2) is 15.8 Å². The second-order valence-corrected chi connectivity index (χ2v) is 6.49. The number of ketones is 1. The van der Waals surface area contributed by atoms with Crippen molar-refractivity contribution in [3.8, 4) is 0 Å². The third-order valence-electron chi connectivity index (χ3n) is 3.77. The number of anilines is 1. The molecule has 0 saturated heterocycles. The predicted molar refractivity (Wildman–Crippen MR) is 104 cm³/mol. The summed E-state index contributed by atoms with van der Waals surface area (Å²) in [5.41, 5.74) is 2.65. The Labute approximate surface area is 151 Å². The molecule has 24 heavy (non-hydrogen) atoms. The monoisotopic (exact) mass is 356 g/mol. The summed E-state index contributed by atoms with van der Waals surface area (Å²) in [5.74, 6) is -0.0790. The molecule has 0 unspecified atom stereocenters. The van der Waals surface area contributed by atoms with E-state index in [2.05, 4.69) is 17.2 Å². The molecule has 0 aliphatic rings. The smallest absolute Gasteiger partial charge is 0.211 e. The number of hydrogen-bond donors (Lipinski definition) is 2. The third kappa shape index (κ3) is 3.35. The van der Waals surface area contributed by atoms with Gasteiger partial charge in [0.25, 0.3) is 0 Å². The molecule has 3 rings (SSSR count). The number of thiocarbonyl (C=S) groups is 1. The van der Waals surface area contributed by atoms with E-state index in [1.165, 1.54) is 0 Å². The molecule has 1 heterocycles. The number of hydrogen-bond acceptors (Lipinski definition) is 2. The second kappa shape index (κ2) is 7.16. The number of halogens is 1. The standard InChI is InChI=1S/C19H17ClN2OS/c1-2-6-16(24)22-17-14-10-9-13(20)11-15(14)21-18(17)19(23)12-7-4-3-5-8-12/h3-5,7-11,21H,2,6H2,1H3,(H,22,24). The summed E-state index contributed by atoms with van der Waals surface area (Å²) in [6, 6.07) is 14.7. The first-order chi connectivity index (χ1) is 11.6. The lowest BCUT2D eigenvalue weighted by Gasteiger charge is -2.09. The van der Waals surface area contributed by atoms with Gasteiger partial charge in [0.15, 0.2) is 0 Å². The molecule has 0 aliphatic heterocycles. The molecule has 1 aromatic heterocycles. The average molecular weight is 357 g/mol. The van der Waals surface area contributed by atoms with Crippen LogP contribution in [0.1, 0.15) is 35.8 Å². The molecule has 5 heteroatoms. The highest BCUT2D eigenvalue weighted by molar-refractivity contribution is 7.80. The van der Waals surface area contributed by atoms with Gasteiger partial charge in [0.1, 0.15) is 5.69 Å². The van der Waals surface area contributed by atoms with Gasteiger partial charge in [0.05, 0.1) is 10.7 Å². The van der Waals surface area contributed by atoms with Crippen molar-refractivity contribution in [1.82, 2.24) is 4.98 Å². The molecule has 0 saturated carbocycles. The Kier molecular flexibility index (Phi) is 4.97. The number of H-pyrrole nitrogens is 1. The van der Waals surface area contributed by atoms with Gasteiger partial charge < -0.3 is 10.3 Å². The molecule has 0 radical (unpaired) electrons. The fourth-order valence-electron chi connectivity index (χ4n) is 2.63. The summed E-state index contributed by atoms with van der Waals surface area (Å²) in [5, 5.41) is 4.76. The van der Waals surface area contributed by atoms with Crippen LogP contribution >= 0.6 is 23.8 Å². The lowest BCUT2D eigenvalue weighted by Crippen LogP contribution is -2.12.